The van der Waals surface area contributed by atoms with Crippen molar-refractivity contribution < 1.29 is 0 Å². The van der Waals surface area contributed by atoms with Crippen LogP contribution in [0.2, 0.25) is 0 Å². The molecule has 1 aliphatic heterocycles. The zero-order valence-corrected chi connectivity index (χ0v) is 14.6. The molecule has 0 saturated carbocycles. The second-order valence-electron chi connectivity index (χ2n) is 6.47. The fraction of sp³-hybridized carbons (Fsp3) is 0.625. The highest BCUT2D eigenvalue weighted by Gasteiger charge is 2.32. The van der Waals surface area contributed by atoms with Crippen LogP contribution in [0.15, 0.2) is 24.3 Å². The molecule has 2 rings (SSSR count). The Hall–Kier alpha value is -0.280. The first-order valence-corrected chi connectivity index (χ1v) is 7.00. The smallest absolute Gasteiger partial charge is 0.0397 e. The molecule has 2 nitrogen and oxygen atoms in total. The molecule has 116 valence electrons. The van der Waals surface area contributed by atoms with Gasteiger partial charge in [0, 0.05) is 32.2 Å². The van der Waals surface area contributed by atoms with Crippen molar-refractivity contribution in [3.8, 4) is 0 Å². The molecule has 0 radical (unpaired) electrons. The molecular weight excluding hydrogens is 291 g/mol. The number of aryl methyl sites for hydroxylation is 1. The van der Waals surface area contributed by atoms with Crippen LogP contribution in [0.5, 0.6) is 0 Å². The molecule has 0 bridgehead atoms. The van der Waals surface area contributed by atoms with Crippen LogP contribution >= 0.6 is 24.8 Å². The van der Waals surface area contributed by atoms with Crippen molar-refractivity contribution in [2.24, 2.45) is 5.41 Å². The fourth-order valence-electron chi connectivity index (χ4n) is 2.95. The minimum atomic E-state index is 0. The predicted octanol–water partition coefficient (Wildman–Crippen LogP) is 3.83. The van der Waals surface area contributed by atoms with Gasteiger partial charge in [-0.3, -0.25) is 4.90 Å². The van der Waals surface area contributed by atoms with Gasteiger partial charge in [0.15, 0.2) is 0 Å². The Bertz CT molecular complexity index is 378. The summed E-state index contributed by atoms with van der Waals surface area (Å²) in [4.78, 5) is 2.63. The molecule has 0 aromatic heterocycles. The molecule has 1 N–H and O–H groups in total. The second-order valence-corrected chi connectivity index (χ2v) is 6.47. The molecule has 1 atom stereocenters. The van der Waals surface area contributed by atoms with Crippen LogP contribution < -0.4 is 5.32 Å². The van der Waals surface area contributed by atoms with Gasteiger partial charge in [-0.1, -0.05) is 50.6 Å². The van der Waals surface area contributed by atoms with E-state index in [4.69, 9.17) is 0 Å². The highest BCUT2D eigenvalue weighted by atomic mass is 35.5. The molecule has 0 amide bonds. The lowest BCUT2D eigenvalue weighted by atomic mass is 9.81. The maximum absolute atomic E-state index is 3.44. The van der Waals surface area contributed by atoms with Crippen molar-refractivity contribution in [2.45, 2.75) is 33.7 Å². The number of benzene rings is 1. The van der Waals surface area contributed by atoms with E-state index in [-0.39, 0.29) is 30.2 Å². The summed E-state index contributed by atoms with van der Waals surface area (Å²) in [6.07, 6.45) is 0. The average molecular weight is 319 g/mol. The molecular formula is C16H28Cl2N2. The van der Waals surface area contributed by atoms with E-state index in [1.54, 1.807) is 0 Å². The maximum Gasteiger partial charge on any atom is 0.0397 e. The van der Waals surface area contributed by atoms with Gasteiger partial charge in [-0.25, -0.2) is 0 Å². The minimum Gasteiger partial charge on any atom is -0.314 e. The molecule has 1 heterocycles. The van der Waals surface area contributed by atoms with E-state index < -0.39 is 0 Å². The van der Waals surface area contributed by atoms with Gasteiger partial charge < -0.3 is 5.32 Å². The molecule has 1 aromatic carbocycles. The van der Waals surface area contributed by atoms with Crippen molar-refractivity contribution in [1.29, 1.82) is 0 Å². The molecule has 0 spiro atoms. The van der Waals surface area contributed by atoms with Crippen LogP contribution in [0.3, 0.4) is 0 Å². The van der Waals surface area contributed by atoms with Gasteiger partial charge in [-0.15, -0.1) is 24.8 Å². The van der Waals surface area contributed by atoms with Crippen LogP contribution in [0.25, 0.3) is 0 Å². The van der Waals surface area contributed by atoms with Crippen molar-refractivity contribution in [3.63, 3.8) is 0 Å². The van der Waals surface area contributed by atoms with Gasteiger partial charge in [0.05, 0.1) is 0 Å². The largest absolute Gasteiger partial charge is 0.314 e. The van der Waals surface area contributed by atoms with Gasteiger partial charge in [-0.05, 0) is 17.9 Å². The topological polar surface area (TPSA) is 15.3 Å². The summed E-state index contributed by atoms with van der Waals surface area (Å²) in [5, 5.41) is 3.44. The Kier molecular flexibility index (Phi) is 8.12. The van der Waals surface area contributed by atoms with E-state index in [2.05, 4.69) is 62.2 Å². The van der Waals surface area contributed by atoms with Crippen LogP contribution in [0, 0.1) is 12.3 Å². The highest BCUT2D eigenvalue weighted by Crippen LogP contribution is 2.38. The van der Waals surface area contributed by atoms with Crippen LogP contribution in [-0.4, -0.2) is 31.1 Å². The first kappa shape index (κ1) is 19.7. The fourth-order valence-corrected chi connectivity index (χ4v) is 2.95. The molecule has 1 aromatic rings. The van der Waals surface area contributed by atoms with Gasteiger partial charge in [0.1, 0.15) is 0 Å². The standard InChI is InChI=1S/C16H26N2.2ClH/c1-13-5-7-14(8-6-13)15(16(2,3)4)18-11-9-17-10-12-18;;/h5-8,15,17H,9-12H2,1-4H3;2*1H/t15-;;/m0../s1. The number of rotatable bonds is 2. The Morgan fingerprint density at radius 2 is 1.50 bits per heavy atom. The number of nitrogens with zero attached hydrogens (tertiary/aromatic N) is 1. The monoisotopic (exact) mass is 318 g/mol. The van der Waals surface area contributed by atoms with E-state index in [1.165, 1.54) is 11.1 Å². The molecule has 4 heteroatoms. The van der Waals surface area contributed by atoms with Gasteiger partial charge in [0.2, 0.25) is 0 Å². The molecule has 0 aliphatic carbocycles. The lowest BCUT2D eigenvalue weighted by Crippen LogP contribution is -2.48. The Labute approximate surface area is 136 Å². The average Bonchev–Trinajstić information content (AvgIpc) is 2.32. The van der Waals surface area contributed by atoms with E-state index in [1.807, 2.05) is 0 Å². The van der Waals surface area contributed by atoms with Crippen LogP contribution in [-0.2, 0) is 0 Å². The summed E-state index contributed by atoms with van der Waals surface area (Å²) in [5.41, 5.74) is 3.06. The van der Waals surface area contributed by atoms with Crippen LogP contribution in [0.1, 0.15) is 37.9 Å². The SMILES string of the molecule is Cc1ccc([C@H](N2CCNCC2)C(C)(C)C)cc1.Cl.Cl. The van der Waals surface area contributed by atoms with Crippen molar-refractivity contribution in [1.82, 2.24) is 10.2 Å². The zero-order chi connectivity index (χ0) is 13.2. The summed E-state index contributed by atoms with van der Waals surface area (Å²) >= 11 is 0. The lowest BCUT2D eigenvalue weighted by Gasteiger charge is -2.42. The zero-order valence-electron chi connectivity index (χ0n) is 13.0. The second kappa shape index (κ2) is 8.23. The summed E-state index contributed by atoms with van der Waals surface area (Å²) in [6, 6.07) is 9.58. The quantitative estimate of drug-likeness (QED) is 0.891. The Morgan fingerprint density at radius 3 is 1.95 bits per heavy atom. The molecule has 1 fully saturated rings. The number of piperazine rings is 1. The van der Waals surface area contributed by atoms with Crippen molar-refractivity contribution >= 4 is 24.8 Å². The van der Waals surface area contributed by atoms with Crippen molar-refractivity contribution in [3.05, 3.63) is 35.4 Å². The lowest BCUT2D eigenvalue weighted by molar-refractivity contribution is 0.0862. The number of hydrogen-bond acceptors (Lipinski definition) is 2. The normalized spacial score (nSPS) is 17.8. The number of hydrogen-bond donors (Lipinski definition) is 1. The van der Waals surface area contributed by atoms with Gasteiger partial charge in [0.25, 0.3) is 0 Å². The molecule has 20 heavy (non-hydrogen) atoms. The number of nitrogens with one attached hydrogen (secondary N) is 1. The number of halogens is 2. The third kappa shape index (κ3) is 4.92. The highest BCUT2D eigenvalue weighted by molar-refractivity contribution is 5.85. The third-order valence-electron chi connectivity index (χ3n) is 3.73. The Morgan fingerprint density at radius 1 is 1.00 bits per heavy atom. The first-order chi connectivity index (χ1) is 8.48. The van der Waals surface area contributed by atoms with Crippen molar-refractivity contribution in [2.75, 3.05) is 26.2 Å². The summed E-state index contributed by atoms with van der Waals surface area (Å²) < 4.78 is 0. The maximum atomic E-state index is 3.44. The van der Waals surface area contributed by atoms with E-state index in [9.17, 15) is 0 Å². The predicted molar refractivity (Wildman–Crippen MR) is 92.3 cm³/mol. The van der Waals surface area contributed by atoms with E-state index in [0.717, 1.165) is 26.2 Å². The van der Waals surface area contributed by atoms with E-state index in [0.29, 0.717) is 6.04 Å². The molecule has 1 aliphatic rings. The summed E-state index contributed by atoms with van der Waals surface area (Å²) in [6.45, 7) is 13.7. The first-order valence-electron chi connectivity index (χ1n) is 7.00. The summed E-state index contributed by atoms with van der Waals surface area (Å²) in [5.74, 6) is 0. The van der Waals surface area contributed by atoms with Gasteiger partial charge in [-0.2, -0.15) is 0 Å². The third-order valence-corrected chi connectivity index (χ3v) is 3.73. The summed E-state index contributed by atoms with van der Waals surface area (Å²) in [7, 11) is 0. The van der Waals surface area contributed by atoms with E-state index >= 15 is 0 Å². The van der Waals surface area contributed by atoms with Crippen LogP contribution in [0.4, 0.5) is 0 Å². The van der Waals surface area contributed by atoms with Gasteiger partial charge >= 0.3 is 0 Å². The Balaban J connectivity index is 0.00000180. The molecule has 0 unspecified atom stereocenters. The minimum absolute atomic E-state index is 0. The molecule has 1 saturated heterocycles.